The topological polar surface area (TPSA) is 77.8 Å². The van der Waals surface area contributed by atoms with Crippen LogP contribution in [0.2, 0.25) is 15.1 Å². The van der Waals surface area contributed by atoms with E-state index in [4.69, 9.17) is 34.8 Å². The fraction of sp³-hybridized carbons (Fsp3) is 0.0435. The third-order valence-corrected chi connectivity index (χ3v) is 5.53. The molecule has 1 fully saturated rings. The number of aliphatic hydroxyl groups excluding tert-OH is 1. The second kappa shape index (κ2) is 8.27. The van der Waals surface area contributed by atoms with Crippen LogP contribution in [-0.4, -0.2) is 21.9 Å². The first-order valence-electron chi connectivity index (χ1n) is 9.08. The Bertz CT molecular complexity index is 1230. The molecular weight excluding hydrogens is 461 g/mol. The molecule has 0 radical (unpaired) electrons. The van der Waals surface area contributed by atoms with Crippen molar-refractivity contribution in [1.29, 1.82) is 0 Å². The first-order valence-corrected chi connectivity index (χ1v) is 10.2. The SMILES string of the molecule is O=C1C(=O)N(c2cc(Cl)cc(Cl)c2)C(c2cccc(O)c2)/C1=C(\O)c1cccc(Cl)c1. The van der Waals surface area contributed by atoms with Crippen LogP contribution >= 0.6 is 34.8 Å². The molecule has 4 rings (SSSR count). The molecule has 1 aliphatic heterocycles. The molecule has 1 saturated heterocycles. The number of phenols is 1. The van der Waals surface area contributed by atoms with Crippen molar-refractivity contribution in [3.8, 4) is 5.75 Å². The zero-order valence-corrected chi connectivity index (χ0v) is 18.0. The first-order chi connectivity index (χ1) is 14.8. The largest absolute Gasteiger partial charge is 0.508 e. The number of rotatable bonds is 3. The number of halogens is 3. The van der Waals surface area contributed by atoms with Gasteiger partial charge in [-0.15, -0.1) is 0 Å². The smallest absolute Gasteiger partial charge is 0.300 e. The molecule has 1 aliphatic rings. The van der Waals surface area contributed by atoms with Crippen molar-refractivity contribution in [3.05, 3.63) is 98.5 Å². The summed E-state index contributed by atoms with van der Waals surface area (Å²) >= 11 is 18.3. The molecule has 0 aromatic heterocycles. The Kier molecular flexibility index (Phi) is 5.67. The monoisotopic (exact) mass is 473 g/mol. The number of aliphatic hydroxyl groups is 1. The molecule has 156 valence electrons. The molecule has 31 heavy (non-hydrogen) atoms. The van der Waals surface area contributed by atoms with Crippen molar-refractivity contribution in [3.63, 3.8) is 0 Å². The van der Waals surface area contributed by atoms with E-state index in [1.54, 1.807) is 30.3 Å². The minimum Gasteiger partial charge on any atom is -0.508 e. The summed E-state index contributed by atoms with van der Waals surface area (Å²) in [6.45, 7) is 0. The molecule has 1 unspecified atom stereocenters. The number of ketones is 1. The Balaban J connectivity index is 1.99. The van der Waals surface area contributed by atoms with E-state index in [1.165, 1.54) is 41.3 Å². The molecule has 3 aromatic carbocycles. The van der Waals surface area contributed by atoms with Gasteiger partial charge in [-0.05, 0) is 48.0 Å². The van der Waals surface area contributed by atoms with Crippen LogP contribution in [0.3, 0.4) is 0 Å². The summed E-state index contributed by atoms with van der Waals surface area (Å²) in [6, 6.07) is 15.9. The quantitative estimate of drug-likeness (QED) is 0.278. The van der Waals surface area contributed by atoms with E-state index in [0.29, 0.717) is 10.6 Å². The number of hydrogen-bond donors (Lipinski definition) is 2. The highest BCUT2D eigenvalue weighted by molar-refractivity contribution is 6.52. The van der Waals surface area contributed by atoms with Crippen LogP contribution in [0.25, 0.3) is 5.76 Å². The molecule has 0 bridgehead atoms. The summed E-state index contributed by atoms with van der Waals surface area (Å²) in [5, 5.41) is 21.9. The molecule has 0 saturated carbocycles. The van der Waals surface area contributed by atoms with Crippen molar-refractivity contribution in [2.45, 2.75) is 6.04 Å². The van der Waals surface area contributed by atoms with Gasteiger partial charge in [-0.25, -0.2) is 0 Å². The average molecular weight is 475 g/mol. The molecule has 1 amide bonds. The molecule has 0 aliphatic carbocycles. The number of Topliss-reactive ketones (excluding diaryl/α,β-unsaturated/α-hetero) is 1. The van der Waals surface area contributed by atoms with Crippen LogP contribution in [-0.2, 0) is 9.59 Å². The summed E-state index contributed by atoms with van der Waals surface area (Å²) < 4.78 is 0. The second-order valence-corrected chi connectivity index (χ2v) is 8.21. The third-order valence-electron chi connectivity index (χ3n) is 4.85. The summed E-state index contributed by atoms with van der Waals surface area (Å²) in [6.07, 6.45) is 0. The van der Waals surface area contributed by atoms with E-state index < -0.39 is 17.7 Å². The van der Waals surface area contributed by atoms with E-state index in [0.717, 1.165) is 0 Å². The number of amides is 1. The van der Waals surface area contributed by atoms with Crippen LogP contribution in [0.15, 0.2) is 72.3 Å². The highest BCUT2D eigenvalue weighted by atomic mass is 35.5. The first kappa shape index (κ1) is 21.2. The Labute approximate surface area is 192 Å². The number of phenolic OH excluding ortho intramolecular Hbond substituents is 1. The molecule has 5 nitrogen and oxygen atoms in total. The normalized spacial score (nSPS) is 17.9. The molecule has 1 atom stereocenters. The van der Waals surface area contributed by atoms with Gasteiger partial charge in [0, 0.05) is 26.3 Å². The number of hydrogen-bond acceptors (Lipinski definition) is 4. The van der Waals surface area contributed by atoms with Gasteiger partial charge in [-0.2, -0.15) is 0 Å². The zero-order valence-electron chi connectivity index (χ0n) is 15.7. The van der Waals surface area contributed by atoms with Crippen molar-refractivity contribution in [2.24, 2.45) is 0 Å². The van der Waals surface area contributed by atoms with Gasteiger partial charge < -0.3 is 10.2 Å². The van der Waals surface area contributed by atoms with E-state index in [-0.39, 0.29) is 38.4 Å². The summed E-state index contributed by atoms with van der Waals surface area (Å²) in [5.41, 5.74) is 0.825. The van der Waals surface area contributed by atoms with Crippen LogP contribution in [0, 0.1) is 0 Å². The zero-order chi connectivity index (χ0) is 22.3. The van der Waals surface area contributed by atoms with Gasteiger partial charge in [0.05, 0.1) is 11.6 Å². The van der Waals surface area contributed by atoms with Crippen molar-refractivity contribution in [1.82, 2.24) is 0 Å². The lowest BCUT2D eigenvalue weighted by Gasteiger charge is -2.26. The predicted octanol–water partition coefficient (Wildman–Crippen LogP) is 5.98. The van der Waals surface area contributed by atoms with Crippen LogP contribution < -0.4 is 4.90 Å². The van der Waals surface area contributed by atoms with Crippen molar-refractivity contribution >= 4 is 57.9 Å². The summed E-state index contributed by atoms with van der Waals surface area (Å²) in [4.78, 5) is 27.3. The van der Waals surface area contributed by atoms with Gasteiger partial charge in [0.2, 0.25) is 0 Å². The Morgan fingerprint density at radius 1 is 0.839 bits per heavy atom. The van der Waals surface area contributed by atoms with E-state index in [1.807, 2.05) is 0 Å². The minimum absolute atomic E-state index is 0.0602. The average Bonchev–Trinajstić information content (AvgIpc) is 2.98. The summed E-state index contributed by atoms with van der Waals surface area (Å²) in [7, 11) is 0. The number of benzene rings is 3. The predicted molar refractivity (Wildman–Crippen MR) is 121 cm³/mol. The Morgan fingerprint density at radius 2 is 1.52 bits per heavy atom. The van der Waals surface area contributed by atoms with Gasteiger partial charge in [0.25, 0.3) is 11.7 Å². The van der Waals surface area contributed by atoms with Gasteiger partial charge in [0.1, 0.15) is 11.5 Å². The lowest BCUT2D eigenvalue weighted by molar-refractivity contribution is -0.132. The van der Waals surface area contributed by atoms with Crippen molar-refractivity contribution in [2.75, 3.05) is 4.90 Å². The second-order valence-electron chi connectivity index (χ2n) is 6.90. The lowest BCUT2D eigenvalue weighted by atomic mass is 9.95. The molecular formula is C23H14Cl3NO4. The molecule has 0 spiro atoms. The Morgan fingerprint density at radius 3 is 2.16 bits per heavy atom. The number of anilines is 1. The van der Waals surface area contributed by atoms with Gasteiger partial charge in [0.15, 0.2) is 0 Å². The maximum absolute atomic E-state index is 13.1. The van der Waals surface area contributed by atoms with Crippen molar-refractivity contribution < 1.29 is 19.8 Å². The van der Waals surface area contributed by atoms with Crippen LogP contribution in [0.4, 0.5) is 5.69 Å². The highest BCUT2D eigenvalue weighted by Gasteiger charge is 2.47. The number of aromatic hydroxyl groups is 1. The maximum atomic E-state index is 13.1. The number of carbonyl (C=O) groups excluding carboxylic acids is 2. The molecule has 1 heterocycles. The molecule has 3 aromatic rings. The fourth-order valence-corrected chi connectivity index (χ4v) is 4.28. The van der Waals surface area contributed by atoms with Gasteiger partial charge in [-0.3, -0.25) is 14.5 Å². The Hall–Kier alpha value is -2.99. The summed E-state index contributed by atoms with van der Waals surface area (Å²) in [5.74, 6) is -2.20. The molecule has 8 heteroatoms. The number of carbonyl (C=O) groups is 2. The van der Waals surface area contributed by atoms with E-state index in [2.05, 4.69) is 0 Å². The minimum atomic E-state index is -1.03. The van der Waals surface area contributed by atoms with Crippen LogP contribution in [0.1, 0.15) is 17.2 Å². The lowest BCUT2D eigenvalue weighted by Crippen LogP contribution is -2.29. The third kappa shape index (κ3) is 4.00. The van der Waals surface area contributed by atoms with Gasteiger partial charge >= 0.3 is 0 Å². The standard InChI is InChI=1S/C23H14Cl3NO4/c24-14-5-1-4-13(7-14)21(29)19-20(12-3-2-6-18(28)8-12)27(23(31)22(19)30)17-10-15(25)9-16(26)11-17/h1-11,20,28-29H/b21-19+. The highest BCUT2D eigenvalue weighted by Crippen LogP contribution is 2.44. The van der Waals surface area contributed by atoms with E-state index in [9.17, 15) is 19.8 Å². The van der Waals surface area contributed by atoms with Gasteiger partial charge in [-0.1, -0.05) is 59.1 Å². The maximum Gasteiger partial charge on any atom is 0.300 e. The molecule has 2 N–H and O–H groups in total. The van der Waals surface area contributed by atoms with Crippen LogP contribution in [0.5, 0.6) is 5.75 Å². The fourth-order valence-electron chi connectivity index (χ4n) is 3.58. The van der Waals surface area contributed by atoms with E-state index >= 15 is 0 Å². The number of nitrogens with zero attached hydrogens (tertiary/aromatic N) is 1.